The fourth-order valence-electron chi connectivity index (χ4n) is 3.25. The smallest absolute Gasteiger partial charge is 0.316 e. The number of rotatable bonds is 5. The molecule has 0 heterocycles. The van der Waals surface area contributed by atoms with Gasteiger partial charge >= 0.3 is 6.03 Å². The van der Waals surface area contributed by atoms with Gasteiger partial charge in [-0.05, 0) is 47.9 Å². The molecule has 2 rings (SSSR count). The quantitative estimate of drug-likeness (QED) is 0.776. The normalized spacial score (nSPS) is 20.8. The summed E-state index contributed by atoms with van der Waals surface area (Å²) in [7, 11) is 0. The van der Waals surface area contributed by atoms with Crippen LogP contribution in [0.2, 0.25) is 0 Å². The Balaban J connectivity index is 1.89. The van der Waals surface area contributed by atoms with E-state index in [1.807, 2.05) is 24.3 Å². The highest BCUT2D eigenvalue weighted by Crippen LogP contribution is 2.68. The molecule has 1 aliphatic rings. The van der Waals surface area contributed by atoms with Crippen molar-refractivity contribution in [3.8, 4) is 0 Å². The Labute approximate surface area is 127 Å². The Morgan fingerprint density at radius 2 is 1.71 bits per heavy atom. The maximum Gasteiger partial charge on any atom is 0.316 e. The second kappa shape index (κ2) is 5.34. The van der Waals surface area contributed by atoms with Crippen LogP contribution in [-0.4, -0.2) is 12.6 Å². The maximum atomic E-state index is 10.8. The fraction of sp³-hybridized carbons (Fsp3) is 0.588. The van der Waals surface area contributed by atoms with Crippen molar-refractivity contribution >= 4 is 11.7 Å². The Morgan fingerprint density at radius 1 is 1.19 bits per heavy atom. The van der Waals surface area contributed by atoms with Crippen LogP contribution >= 0.6 is 0 Å². The molecular formula is C17H27N3O. The number of carbonyl (C=O) groups is 1. The molecule has 1 aromatic rings. The van der Waals surface area contributed by atoms with Gasteiger partial charge in [-0.15, -0.1) is 0 Å². The molecule has 1 fully saturated rings. The molecule has 0 saturated heterocycles. The third-order valence-corrected chi connectivity index (χ3v) is 5.63. The predicted molar refractivity (Wildman–Crippen MR) is 87.1 cm³/mol. The van der Waals surface area contributed by atoms with E-state index in [0.29, 0.717) is 22.8 Å². The zero-order valence-corrected chi connectivity index (χ0v) is 13.7. The average molecular weight is 289 g/mol. The lowest BCUT2D eigenvalue weighted by Gasteiger charge is -2.15. The van der Waals surface area contributed by atoms with Crippen LogP contribution in [0, 0.1) is 16.7 Å². The predicted octanol–water partition coefficient (Wildman–Crippen LogP) is 3.51. The number of carbonyl (C=O) groups excluding carboxylic acids is 1. The fourth-order valence-corrected chi connectivity index (χ4v) is 3.25. The van der Waals surface area contributed by atoms with Crippen LogP contribution in [0.1, 0.15) is 46.2 Å². The number of amides is 2. The first-order chi connectivity index (χ1) is 9.66. The Bertz CT molecular complexity index is 505. The molecule has 0 spiro atoms. The van der Waals surface area contributed by atoms with E-state index in [1.165, 1.54) is 5.56 Å². The molecule has 0 aromatic heterocycles. The van der Waals surface area contributed by atoms with Crippen LogP contribution in [0.15, 0.2) is 24.3 Å². The number of urea groups is 1. The molecule has 1 atom stereocenters. The lowest BCUT2D eigenvalue weighted by Crippen LogP contribution is -2.23. The van der Waals surface area contributed by atoms with Gasteiger partial charge in [0.05, 0.1) is 0 Å². The minimum absolute atomic E-state index is 0.292. The van der Waals surface area contributed by atoms with E-state index < -0.39 is 6.03 Å². The molecule has 1 saturated carbocycles. The van der Waals surface area contributed by atoms with E-state index in [9.17, 15) is 4.79 Å². The van der Waals surface area contributed by atoms with Crippen LogP contribution in [0.25, 0.3) is 0 Å². The van der Waals surface area contributed by atoms with Crippen molar-refractivity contribution in [3.05, 3.63) is 29.8 Å². The summed E-state index contributed by atoms with van der Waals surface area (Å²) >= 11 is 0. The number of benzene rings is 1. The second-order valence-corrected chi connectivity index (χ2v) is 7.24. The van der Waals surface area contributed by atoms with Crippen molar-refractivity contribution in [3.63, 3.8) is 0 Å². The second-order valence-electron chi connectivity index (χ2n) is 7.24. The Morgan fingerprint density at radius 3 is 2.14 bits per heavy atom. The lowest BCUT2D eigenvalue weighted by molar-refractivity contribution is 0.259. The molecule has 4 N–H and O–H groups in total. The zero-order valence-electron chi connectivity index (χ0n) is 13.7. The molecule has 0 aliphatic heterocycles. The van der Waals surface area contributed by atoms with E-state index in [2.05, 4.69) is 45.3 Å². The molecule has 0 bridgehead atoms. The summed E-state index contributed by atoms with van der Waals surface area (Å²) < 4.78 is 0. The number of hydrogen-bond donors (Lipinski definition) is 3. The molecule has 116 valence electrons. The monoisotopic (exact) mass is 289 g/mol. The van der Waals surface area contributed by atoms with Crippen LogP contribution in [0.5, 0.6) is 0 Å². The first kappa shape index (κ1) is 15.8. The van der Waals surface area contributed by atoms with Crippen LogP contribution in [0.3, 0.4) is 0 Å². The highest BCUT2D eigenvalue weighted by molar-refractivity contribution is 5.87. The highest BCUT2D eigenvalue weighted by atomic mass is 16.2. The molecule has 21 heavy (non-hydrogen) atoms. The van der Waals surface area contributed by atoms with Gasteiger partial charge in [-0.3, -0.25) is 0 Å². The summed E-state index contributed by atoms with van der Waals surface area (Å²) in [6.45, 7) is 12.6. The van der Waals surface area contributed by atoms with Crippen molar-refractivity contribution in [1.82, 2.24) is 5.32 Å². The van der Waals surface area contributed by atoms with E-state index in [4.69, 9.17) is 5.73 Å². The Hall–Kier alpha value is -1.55. The van der Waals surface area contributed by atoms with Crippen molar-refractivity contribution in [2.45, 2.75) is 40.7 Å². The molecule has 1 aromatic carbocycles. The number of nitrogens with one attached hydrogen (secondary N) is 2. The topological polar surface area (TPSA) is 67.2 Å². The van der Waals surface area contributed by atoms with Gasteiger partial charge in [-0.2, -0.15) is 0 Å². The van der Waals surface area contributed by atoms with Gasteiger partial charge in [0.25, 0.3) is 0 Å². The summed E-state index contributed by atoms with van der Waals surface area (Å²) in [4.78, 5) is 10.8. The number of hydrogen-bond acceptors (Lipinski definition) is 2. The van der Waals surface area contributed by atoms with Crippen LogP contribution in [0.4, 0.5) is 10.5 Å². The number of anilines is 1. The van der Waals surface area contributed by atoms with Gasteiger partial charge in [0.1, 0.15) is 0 Å². The van der Waals surface area contributed by atoms with Gasteiger partial charge in [-0.25, -0.2) is 4.79 Å². The first-order valence-electron chi connectivity index (χ1n) is 7.56. The largest absolute Gasteiger partial charge is 0.351 e. The molecular weight excluding hydrogens is 262 g/mol. The van der Waals surface area contributed by atoms with Crippen molar-refractivity contribution in [2.24, 2.45) is 22.5 Å². The SMILES string of the molecule is CC(NCC1C(C)(C)C1(C)C)c1ccc(NC(N)=O)cc1. The van der Waals surface area contributed by atoms with Gasteiger partial charge in [0.15, 0.2) is 0 Å². The standard InChI is InChI=1S/C17H27N3O/c1-11(19-10-14-16(2,3)17(14,4)5)12-6-8-13(9-7-12)20-15(18)21/h6-9,11,14,19H,10H2,1-5H3,(H3,18,20,21). The van der Waals surface area contributed by atoms with Crippen molar-refractivity contribution < 1.29 is 4.79 Å². The average Bonchev–Trinajstić information content (AvgIpc) is 2.77. The van der Waals surface area contributed by atoms with E-state index in [1.54, 1.807) is 0 Å². The van der Waals surface area contributed by atoms with Crippen molar-refractivity contribution in [2.75, 3.05) is 11.9 Å². The minimum Gasteiger partial charge on any atom is -0.351 e. The van der Waals surface area contributed by atoms with Gasteiger partial charge < -0.3 is 16.4 Å². The van der Waals surface area contributed by atoms with Crippen LogP contribution in [-0.2, 0) is 0 Å². The maximum absolute atomic E-state index is 10.8. The van der Waals surface area contributed by atoms with E-state index in [-0.39, 0.29) is 0 Å². The summed E-state index contributed by atoms with van der Waals surface area (Å²) in [5, 5.41) is 6.19. The molecule has 2 amide bonds. The van der Waals surface area contributed by atoms with Gasteiger partial charge in [0, 0.05) is 11.7 Å². The van der Waals surface area contributed by atoms with Gasteiger partial charge in [0.2, 0.25) is 0 Å². The number of primary amides is 1. The number of nitrogens with two attached hydrogens (primary N) is 1. The lowest BCUT2D eigenvalue weighted by atomic mass is 10.0. The van der Waals surface area contributed by atoms with E-state index in [0.717, 1.165) is 12.2 Å². The molecule has 1 aliphatic carbocycles. The Kier molecular flexibility index (Phi) is 4.02. The summed E-state index contributed by atoms with van der Waals surface area (Å²) in [6.07, 6.45) is 0. The highest BCUT2D eigenvalue weighted by Gasteiger charge is 2.63. The summed E-state index contributed by atoms with van der Waals surface area (Å²) in [6, 6.07) is 7.55. The van der Waals surface area contributed by atoms with Crippen LogP contribution < -0.4 is 16.4 Å². The molecule has 1 unspecified atom stereocenters. The third-order valence-electron chi connectivity index (χ3n) is 5.63. The van der Waals surface area contributed by atoms with Gasteiger partial charge in [-0.1, -0.05) is 39.8 Å². The minimum atomic E-state index is -0.535. The van der Waals surface area contributed by atoms with E-state index >= 15 is 0 Å². The zero-order chi connectivity index (χ0) is 15.8. The van der Waals surface area contributed by atoms with Crippen molar-refractivity contribution in [1.29, 1.82) is 0 Å². The first-order valence-corrected chi connectivity index (χ1v) is 7.56. The molecule has 4 nitrogen and oxygen atoms in total. The molecule has 0 radical (unpaired) electrons. The molecule has 4 heteroatoms. The third kappa shape index (κ3) is 3.05. The summed E-state index contributed by atoms with van der Waals surface area (Å²) in [5.41, 5.74) is 7.86. The summed E-state index contributed by atoms with van der Waals surface area (Å²) in [5.74, 6) is 0.711.